The molecule has 3 atom stereocenters. The van der Waals surface area contributed by atoms with Gasteiger partial charge in [-0.15, -0.1) is 11.8 Å². The Morgan fingerprint density at radius 1 is 1.09 bits per heavy atom. The molecule has 0 aromatic heterocycles. The van der Waals surface area contributed by atoms with Crippen molar-refractivity contribution in [2.45, 2.75) is 85.1 Å². The number of fused-ring (bicyclic) bond motifs is 8. The lowest BCUT2D eigenvalue weighted by Gasteiger charge is -2.31. The lowest BCUT2D eigenvalue weighted by molar-refractivity contribution is 0.431. The summed E-state index contributed by atoms with van der Waals surface area (Å²) in [6.07, 6.45) is 12.3. The van der Waals surface area contributed by atoms with Crippen molar-refractivity contribution in [2.24, 2.45) is 0 Å². The Bertz CT molecular complexity index is 514. The summed E-state index contributed by atoms with van der Waals surface area (Å²) >= 11 is 8.65. The van der Waals surface area contributed by atoms with Crippen LogP contribution < -0.4 is 0 Å². The molecule has 1 aliphatic carbocycles. The van der Waals surface area contributed by atoms with Crippen LogP contribution in [-0.4, -0.2) is 9.57 Å². The Hall–Kier alpha value is 0.780. The summed E-state index contributed by atoms with van der Waals surface area (Å²) in [4.78, 5) is 1.58. The number of alkyl halides is 1. The van der Waals surface area contributed by atoms with Crippen molar-refractivity contribution in [3.05, 3.63) is 27.3 Å². The van der Waals surface area contributed by atoms with Crippen LogP contribution in [0.15, 0.2) is 23.1 Å². The monoisotopic (exact) mass is 492 g/mol. The third-order valence-electron chi connectivity index (χ3n) is 5.26. The molecule has 3 heteroatoms. The molecule has 2 bridgehead atoms. The van der Waals surface area contributed by atoms with E-state index in [-0.39, 0.29) is 0 Å². The number of halogens is 2. The average Bonchev–Trinajstić information content (AvgIpc) is 2.43. The Kier molecular flexibility index (Phi) is 6.22. The van der Waals surface area contributed by atoms with Gasteiger partial charge in [0.05, 0.1) is 0 Å². The molecule has 1 fully saturated rings. The number of benzene rings is 1. The first-order chi connectivity index (χ1) is 10.5. The maximum atomic E-state index is 4.00. The van der Waals surface area contributed by atoms with Crippen LogP contribution in [0, 0.1) is 3.57 Å². The zero-order valence-electron chi connectivity index (χ0n) is 13.4. The lowest BCUT2D eigenvalue weighted by Crippen LogP contribution is -2.19. The molecule has 122 valence electrons. The summed E-state index contributed by atoms with van der Waals surface area (Å²) in [5.74, 6) is 0.779. The SMILES string of the molecule is CC1(Br)CCCC2CCCC(CCC1)c1cc(I)ccc1S2. The van der Waals surface area contributed by atoms with E-state index in [1.54, 1.807) is 10.5 Å². The molecule has 1 aromatic rings. The lowest BCUT2D eigenvalue weighted by atomic mass is 9.85. The Labute approximate surface area is 161 Å². The first kappa shape index (κ1) is 17.6. The molecule has 2 aliphatic heterocycles. The van der Waals surface area contributed by atoms with Crippen molar-refractivity contribution in [3.63, 3.8) is 0 Å². The van der Waals surface area contributed by atoms with Gasteiger partial charge in [-0.2, -0.15) is 0 Å². The molecular formula is C19H26BrIS. The summed E-state index contributed by atoms with van der Waals surface area (Å²) in [6.45, 7) is 2.40. The predicted molar refractivity (Wildman–Crippen MR) is 110 cm³/mol. The van der Waals surface area contributed by atoms with Crippen molar-refractivity contribution >= 4 is 50.3 Å². The summed E-state index contributed by atoms with van der Waals surface area (Å²) in [7, 11) is 0. The van der Waals surface area contributed by atoms with Crippen LogP contribution in [0.4, 0.5) is 0 Å². The van der Waals surface area contributed by atoms with Crippen LogP contribution in [0.2, 0.25) is 0 Å². The molecule has 0 amide bonds. The van der Waals surface area contributed by atoms with E-state index in [4.69, 9.17) is 0 Å². The van der Waals surface area contributed by atoms with E-state index in [0.29, 0.717) is 4.32 Å². The summed E-state index contributed by atoms with van der Waals surface area (Å²) < 4.78 is 1.76. The Morgan fingerprint density at radius 2 is 1.77 bits per heavy atom. The van der Waals surface area contributed by atoms with Crippen LogP contribution in [-0.2, 0) is 0 Å². The second-order valence-electron chi connectivity index (χ2n) is 7.25. The molecule has 1 saturated carbocycles. The highest BCUT2D eigenvalue weighted by Gasteiger charge is 2.26. The first-order valence-corrected chi connectivity index (χ1v) is 11.4. The zero-order chi connectivity index (χ0) is 15.6. The number of hydrogen-bond donors (Lipinski definition) is 0. The van der Waals surface area contributed by atoms with Gasteiger partial charge in [0.25, 0.3) is 0 Å². The fourth-order valence-corrected chi connectivity index (χ4v) is 6.49. The molecule has 3 unspecified atom stereocenters. The molecule has 22 heavy (non-hydrogen) atoms. The van der Waals surface area contributed by atoms with E-state index in [1.807, 2.05) is 0 Å². The highest BCUT2D eigenvalue weighted by atomic mass is 127. The van der Waals surface area contributed by atoms with Crippen molar-refractivity contribution in [3.8, 4) is 0 Å². The maximum absolute atomic E-state index is 4.00. The van der Waals surface area contributed by atoms with Crippen LogP contribution in [0.1, 0.15) is 76.2 Å². The van der Waals surface area contributed by atoms with Gasteiger partial charge in [-0.25, -0.2) is 0 Å². The normalized spacial score (nSPS) is 33.4. The van der Waals surface area contributed by atoms with Gasteiger partial charge in [0, 0.05) is 18.0 Å². The standard InChI is InChI=1S/C19H26BrIS/c1-19(20)11-3-6-14-5-2-7-16(8-4-12-19)22-18-10-9-15(21)13-17(14)18/h9-10,13-14,16H,2-8,11-12H2,1H3. The van der Waals surface area contributed by atoms with Crippen LogP contribution in [0.5, 0.6) is 0 Å². The smallest absolute Gasteiger partial charge is 0.0229 e. The molecule has 0 nitrogen and oxygen atoms in total. The largest absolute Gasteiger partial charge is 0.122 e. The van der Waals surface area contributed by atoms with Crippen molar-refractivity contribution < 1.29 is 0 Å². The van der Waals surface area contributed by atoms with Crippen molar-refractivity contribution in [1.82, 2.24) is 0 Å². The minimum Gasteiger partial charge on any atom is -0.122 e. The van der Waals surface area contributed by atoms with Gasteiger partial charge in [0.1, 0.15) is 0 Å². The topological polar surface area (TPSA) is 0 Å². The second-order valence-corrected chi connectivity index (χ2v) is 11.7. The molecule has 0 spiro atoms. The average molecular weight is 493 g/mol. The minimum absolute atomic E-state index is 0.360. The van der Waals surface area contributed by atoms with Gasteiger partial charge >= 0.3 is 0 Å². The Balaban J connectivity index is 1.90. The highest BCUT2D eigenvalue weighted by molar-refractivity contribution is 14.1. The first-order valence-electron chi connectivity index (χ1n) is 8.68. The van der Waals surface area contributed by atoms with E-state index in [9.17, 15) is 0 Å². The van der Waals surface area contributed by atoms with E-state index in [2.05, 4.69) is 75.4 Å². The molecule has 0 radical (unpaired) electrons. The van der Waals surface area contributed by atoms with Gasteiger partial charge in [-0.1, -0.05) is 35.2 Å². The molecule has 0 saturated heterocycles. The number of thioether (sulfide) groups is 1. The van der Waals surface area contributed by atoms with Crippen LogP contribution >= 0.6 is 50.3 Å². The second kappa shape index (κ2) is 7.77. The fourth-order valence-electron chi connectivity index (χ4n) is 3.98. The van der Waals surface area contributed by atoms with Crippen LogP contribution in [0.3, 0.4) is 0 Å². The fraction of sp³-hybridized carbons (Fsp3) is 0.684. The van der Waals surface area contributed by atoms with Gasteiger partial charge in [-0.05, 0) is 97.7 Å². The van der Waals surface area contributed by atoms with Gasteiger partial charge in [-0.3, -0.25) is 0 Å². The third kappa shape index (κ3) is 4.66. The molecule has 1 aromatic carbocycles. The van der Waals surface area contributed by atoms with E-state index in [1.165, 1.54) is 61.4 Å². The van der Waals surface area contributed by atoms with Crippen molar-refractivity contribution in [1.29, 1.82) is 0 Å². The quantitative estimate of drug-likeness (QED) is 0.266. The predicted octanol–water partition coefficient (Wildman–Crippen LogP) is 7.53. The van der Waals surface area contributed by atoms with Crippen molar-refractivity contribution in [2.75, 3.05) is 0 Å². The van der Waals surface area contributed by atoms with Gasteiger partial charge < -0.3 is 0 Å². The summed E-state index contributed by atoms with van der Waals surface area (Å²) in [5, 5.41) is 0.822. The molecular weight excluding hydrogens is 467 g/mol. The highest BCUT2D eigenvalue weighted by Crippen LogP contribution is 2.44. The molecule has 4 rings (SSSR count). The molecule has 3 aliphatic rings. The third-order valence-corrected chi connectivity index (χ3v) is 8.15. The van der Waals surface area contributed by atoms with Crippen LogP contribution in [0.25, 0.3) is 0 Å². The van der Waals surface area contributed by atoms with Gasteiger partial charge in [0.15, 0.2) is 0 Å². The molecule has 0 N–H and O–H groups in total. The van der Waals surface area contributed by atoms with E-state index >= 15 is 0 Å². The number of rotatable bonds is 0. The van der Waals surface area contributed by atoms with Gasteiger partial charge in [0.2, 0.25) is 0 Å². The van der Waals surface area contributed by atoms with E-state index in [0.717, 1.165) is 11.2 Å². The summed E-state index contributed by atoms with van der Waals surface area (Å²) in [6, 6.07) is 7.16. The minimum atomic E-state index is 0.360. The molecule has 2 heterocycles. The Morgan fingerprint density at radius 3 is 2.59 bits per heavy atom. The summed E-state index contributed by atoms with van der Waals surface area (Å²) in [5.41, 5.74) is 1.65. The number of hydrogen-bond acceptors (Lipinski definition) is 1. The zero-order valence-corrected chi connectivity index (χ0v) is 18.0. The van der Waals surface area contributed by atoms with E-state index < -0.39 is 0 Å². The maximum Gasteiger partial charge on any atom is 0.0229 e.